The molecule has 1 saturated carbocycles. The lowest BCUT2D eigenvalue weighted by Crippen LogP contribution is -2.51. The summed E-state index contributed by atoms with van der Waals surface area (Å²) in [6.07, 6.45) is 5.74. The number of nitrogens with two attached hydrogens (primary N) is 1. The van der Waals surface area contributed by atoms with E-state index in [9.17, 15) is 4.79 Å². The first-order chi connectivity index (χ1) is 9.66. The van der Waals surface area contributed by atoms with Crippen LogP contribution in [0.15, 0.2) is 0 Å². The first-order valence-corrected chi connectivity index (χ1v) is 7.69. The van der Waals surface area contributed by atoms with Crippen molar-refractivity contribution >= 4 is 5.97 Å². The van der Waals surface area contributed by atoms with Crippen molar-refractivity contribution in [1.82, 2.24) is 0 Å². The Hall–Kier alpha value is -0.650. The molecule has 2 unspecified atom stereocenters. The van der Waals surface area contributed by atoms with Crippen molar-refractivity contribution in [2.45, 2.75) is 44.1 Å². The van der Waals surface area contributed by atoms with Crippen LogP contribution in [0.5, 0.6) is 0 Å². The van der Waals surface area contributed by atoms with Crippen LogP contribution in [0.3, 0.4) is 0 Å². The third kappa shape index (κ3) is 3.71. The smallest absolute Gasteiger partial charge is 0.326 e. The van der Waals surface area contributed by atoms with Gasteiger partial charge in [-0.25, -0.2) is 0 Å². The third-order valence-corrected chi connectivity index (χ3v) is 4.74. The summed E-state index contributed by atoms with van der Waals surface area (Å²) in [6.45, 7) is 3.18. The van der Waals surface area contributed by atoms with Gasteiger partial charge in [-0.2, -0.15) is 0 Å². The summed E-state index contributed by atoms with van der Waals surface area (Å²) in [5, 5.41) is 0. The van der Waals surface area contributed by atoms with E-state index in [1.165, 1.54) is 7.11 Å². The molecule has 1 saturated heterocycles. The second-order valence-corrected chi connectivity index (χ2v) is 6.04. The fourth-order valence-corrected chi connectivity index (χ4v) is 3.35. The minimum atomic E-state index is -0.795. The van der Waals surface area contributed by atoms with Crippen molar-refractivity contribution in [3.8, 4) is 0 Å². The second kappa shape index (κ2) is 7.38. The molecule has 0 radical (unpaired) electrons. The van der Waals surface area contributed by atoms with E-state index < -0.39 is 5.54 Å². The Morgan fingerprint density at radius 3 is 2.80 bits per heavy atom. The molecule has 20 heavy (non-hydrogen) atoms. The van der Waals surface area contributed by atoms with Gasteiger partial charge in [-0.05, 0) is 43.9 Å². The van der Waals surface area contributed by atoms with Gasteiger partial charge in [0, 0.05) is 26.4 Å². The van der Waals surface area contributed by atoms with Gasteiger partial charge in [0.25, 0.3) is 0 Å². The zero-order valence-electron chi connectivity index (χ0n) is 12.4. The molecular weight excluding hydrogens is 258 g/mol. The Morgan fingerprint density at radius 2 is 2.10 bits per heavy atom. The predicted octanol–water partition coefficient (Wildman–Crippen LogP) is 1.49. The minimum Gasteiger partial charge on any atom is -0.468 e. The zero-order chi connectivity index (χ0) is 14.4. The Bertz CT molecular complexity index is 317. The molecule has 1 aliphatic heterocycles. The molecular formula is C15H27NO4. The largest absolute Gasteiger partial charge is 0.468 e. The van der Waals surface area contributed by atoms with E-state index in [1.54, 1.807) is 0 Å². The standard InChI is InChI=1S/C15H27NO4/c1-18-14(17)15(16)7-2-3-13(15)6-10-20-11-12-4-8-19-9-5-12/h12-13H,2-11,16H2,1H3. The monoisotopic (exact) mass is 285 g/mol. The van der Waals surface area contributed by atoms with E-state index >= 15 is 0 Å². The van der Waals surface area contributed by atoms with Crippen molar-refractivity contribution in [3.63, 3.8) is 0 Å². The molecule has 0 spiro atoms. The van der Waals surface area contributed by atoms with Crippen LogP contribution in [0.2, 0.25) is 0 Å². The van der Waals surface area contributed by atoms with Crippen LogP contribution in [-0.4, -0.2) is 45.0 Å². The maximum absolute atomic E-state index is 11.8. The van der Waals surface area contributed by atoms with Crippen LogP contribution >= 0.6 is 0 Å². The van der Waals surface area contributed by atoms with Gasteiger partial charge in [-0.3, -0.25) is 4.79 Å². The lowest BCUT2D eigenvalue weighted by Gasteiger charge is -2.28. The summed E-state index contributed by atoms with van der Waals surface area (Å²) < 4.78 is 16.0. The number of hydrogen-bond acceptors (Lipinski definition) is 5. The first kappa shape index (κ1) is 15.7. The van der Waals surface area contributed by atoms with E-state index in [1.807, 2.05) is 0 Å². The molecule has 2 atom stereocenters. The molecule has 0 amide bonds. The molecule has 2 N–H and O–H groups in total. The van der Waals surface area contributed by atoms with Crippen molar-refractivity contribution in [3.05, 3.63) is 0 Å². The molecule has 1 heterocycles. The lowest BCUT2D eigenvalue weighted by atomic mass is 9.86. The fourth-order valence-electron chi connectivity index (χ4n) is 3.35. The maximum atomic E-state index is 11.8. The van der Waals surface area contributed by atoms with Gasteiger partial charge in [-0.1, -0.05) is 6.42 Å². The second-order valence-electron chi connectivity index (χ2n) is 6.04. The highest BCUT2D eigenvalue weighted by Gasteiger charge is 2.46. The van der Waals surface area contributed by atoms with Crippen LogP contribution in [0.25, 0.3) is 0 Å². The van der Waals surface area contributed by atoms with E-state index in [0.717, 1.165) is 58.3 Å². The van der Waals surface area contributed by atoms with Crippen LogP contribution in [-0.2, 0) is 19.0 Å². The summed E-state index contributed by atoms with van der Waals surface area (Å²) in [5.74, 6) is 0.532. The van der Waals surface area contributed by atoms with Gasteiger partial charge in [0.2, 0.25) is 0 Å². The van der Waals surface area contributed by atoms with Crippen LogP contribution < -0.4 is 5.73 Å². The van der Waals surface area contributed by atoms with Crippen molar-refractivity contribution in [2.75, 3.05) is 33.5 Å². The van der Waals surface area contributed by atoms with Crippen LogP contribution in [0.1, 0.15) is 38.5 Å². The molecule has 0 bridgehead atoms. The topological polar surface area (TPSA) is 70.8 Å². The molecule has 0 aromatic rings. The Kier molecular flexibility index (Phi) is 5.81. The highest BCUT2D eigenvalue weighted by molar-refractivity contribution is 5.81. The Labute approximate surface area is 121 Å². The van der Waals surface area contributed by atoms with Gasteiger partial charge in [0.15, 0.2) is 0 Å². The highest BCUT2D eigenvalue weighted by Crippen LogP contribution is 2.36. The van der Waals surface area contributed by atoms with Crippen molar-refractivity contribution in [1.29, 1.82) is 0 Å². The average Bonchev–Trinajstić information content (AvgIpc) is 2.86. The number of rotatable bonds is 6. The molecule has 116 valence electrons. The lowest BCUT2D eigenvalue weighted by molar-refractivity contribution is -0.148. The number of ether oxygens (including phenoxy) is 3. The maximum Gasteiger partial charge on any atom is 0.326 e. The van der Waals surface area contributed by atoms with Crippen molar-refractivity contribution < 1.29 is 19.0 Å². The third-order valence-electron chi connectivity index (χ3n) is 4.74. The van der Waals surface area contributed by atoms with Gasteiger partial charge in [0.05, 0.1) is 7.11 Å². The molecule has 5 nitrogen and oxygen atoms in total. The van der Waals surface area contributed by atoms with Crippen molar-refractivity contribution in [2.24, 2.45) is 17.6 Å². The summed E-state index contributed by atoms with van der Waals surface area (Å²) in [6, 6.07) is 0. The first-order valence-electron chi connectivity index (χ1n) is 7.69. The van der Waals surface area contributed by atoms with Crippen LogP contribution in [0, 0.1) is 11.8 Å². The van der Waals surface area contributed by atoms with E-state index in [-0.39, 0.29) is 11.9 Å². The SMILES string of the molecule is COC(=O)C1(N)CCCC1CCOCC1CCOCC1. The van der Waals surface area contributed by atoms with E-state index in [4.69, 9.17) is 19.9 Å². The average molecular weight is 285 g/mol. The summed E-state index contributed by atoms with van der Waals surface area (Å²) in [7, 11) is 1.41. The summed E-state index contributed by atoms with van der Waals surface area (Å²) >= 11 is 0. The molecule has 2 rings (SSSR count). The molecule has 1 aliphatic carbocycles. The minimum absolute atomic E-state index is 0.185. The van der Waals surface area contributed by atoms with E-state index in [2.05, 4.69) is 0 Å². The van der Waals surface area contributed by atoms with Crippen LogP contribution in [0.4, 0.5) is 0 Å². The fraction of sp³-hybridized carbons (Fsp3) is 0.933. The summed E-state index contributed by atoms with van der Waals surface area (Å²) in [5.41, 5.74) is 5.44. The predicted molar refractivity (Wildman–Crippen MR) is 75.3 cm³/mol. The van der Waals surface area contributed by atoms with Gasteiger partial charge < -0.3 is 19.9 Å². The molecule has 0 aromatic heterocycles. The number of esters is 1. The number of carbonyl (C=O) groups excluding carboxylic acids is 1. The molecule has 0 aromatic carbocycles. The van der Waals surface area contributed by atoms with Gasteiger partial charge >= 0.3 is 5.97 Å². The number of methoxy groups -OCH3 is 1. The summed E-state index contributed by atoms with van der Waals surface area (Å²) in [4.78, 5) is 11.8. The normalized spacial score (nSPS) is 31.4. The van der Waals surface area contributed by atoms with Gasteiger partial charge in [0.1, 0.15) is 5.54 Å². The number of carbonyl (C=O) groups is 1. The quantitative estimate of drug-likeness (QED) is 0.591. The zero-order valence-corrected chi connectivity index (χ0v) is 12.4. The molecule has 2 fully saturated rings. The van der Waals surface area contributed by atoms with Gasteiger partial charge in [-0.15, -0.1) is 0 Å². The Morgan fingerprint density at radius 1 is 1.35 bits per heavy atom. The molecule has 2 aliphatic rings. The number of hydrogen-bond donors (Lipinski definition) is 1. The Balaban J connectivity index is 1.69. The van der Waals surface area contributed by atoms with E-state index in [0.29, 0.717) is 12.5 Å². The highest BCUT2D eigenvalue weighted by atomic mass is 16.5. The molecule has 5 heteroatoms.